The van der Waals surface area contributed by atoms with Gasteiger partial charge in [-0.3, -0.25) is 4.79 Å². The van der Waals surface area contributed by atoms with E-state index < -0.39 is 6.43 Å². The molecular formula is C25H23F2N5O. The fourth-order valence-electron chi connectivity index (χ4n) is 5.64. The summed E-state index contributed by atoms with van der Waals surface area (Å²) in [6.45, 7) is 0. The van der Waals surface area contributed by atoms with Gasteiger partial charge in [0.15, 0.2) is 0 Å². The summed E-state index contributed by atoms with van der Waals surface area (Å²) in [5, 5.41) is 6.39. The van der Waals surface area contributed by atoms with Crippen LogP contribution in [0.4, 0.5) is 8.78 Å². The molecule has 0 aliphatic carbocycles. The first-order valence-electron chi connectivity index (χ1n) is 11.4. The number of amides is 1. The minimum atomic E-state index is -2.67. The number of rotatable bonds is 3. The Bertz CT molecular complexity index is 1350. The van der Waals surface area contributed by atoms with Gasteiger partial charge < -0.3 is 4.90 Å². The van der Waals surface area contributed by atoms with Gasteiger partial charge >= 0.3 is 0 Å². The van der Waals surface area contributed by atoms with Crippen LogP contribution < -0.4 is 0 Å². The highest BCUT2D eigenvalue weighted by atomic mass is 19.3. The molecule has 2 aliphatic rings. The van der Waals surface area contributed by atoms with Gasteiger partial charge in [-0.15, -0.1) is 0 Å². The zero-order valence-corrected chi connectivity index (χ0v) is 17.9. The van der Waals surface area contributed by atoms with Gasteiger partial charge in [0.2, 0.25) is 0 Å². The first-order valence-corrected chi connectivity index (χ1v) is 11.4. The van der Waals surface area contributed by atoms with Gasteiger partial charge in [-0.2, -0.15) is 10.1 Å². The average Bonchev–Trinajstić information content (AvgIpc) is 3.41. The first kappa shape index (κ1) is 20.2. The molecule has 0 saturated carbocycles. The Labute approximate surface area is 189 Å². The molecule has 2 aliphatic heterocycles. The molecule has 4 aromatic rings. The molecule has 1 amide bonds. The fraction of sp³-hybridized carbons (Fsp3) is 0.360. The summed E-state index contributed by atoms with van der Waals surface area (Å²) in [5.41, 5.74) is 1.13. The van der Waals surface area contributed by atoms with Crippen LogP contribution in [0.2, 0.25) is 0 Å². The number of carbonyl (C=O) groups is 1. The molecule has 2 aromatic carbocycles. The molecule has 2 bridgehead atoms. The largest absolute Gasteiger partial charge is 0.333 e. The molecular weight excluding hydrogens is 424 g/mol. The van der Waals surface area contributed by atoms with E-state index in [9.17, 15) is 13.6 Å². The fourth-order valence-corrected chi connectivity index (χ4v) is 5.64. The second kappa shape index (κ2) is 7.86. The van der Waals surface area contributed by atoms with Crippen LogP contribution in [0.25, 0.3) is 16.6 Å². The quantitative estimate of drug-likeness (QED) is 0.435. The summed E-state index contributed by atoms with van der Waals surface area (Å²) in [6, 6.07) is 15.6. The number of benzene rings is 2. The van der Waals surface area contributed by atoms with E-state index in [0.717, 1.165) is 42.9 Å². The highest BCUT2D eigenvalue weighted by molar-refractivity contribution is 5.99. The molecule has 2 fully saturated rings. The van der Waals surface area contributed by atoms with Gasteiger partial charge in [-0.25, -0.2) is 18.3 Å². The molecule has 3 atom stereocenters. The van der Waals surface area contributed by atoms with Gasteiger partial charge in [0.1, 0.15) is 12.0 Å². The maximum Gasteiger partial charge on any atom is 0.280 e. The number of hydrogen-bond acceptors (Lipinski definition) is 4. The number of hydrogen-bond donors (Lipinski definition) is 0. The van der Waals surface area contributed by atoms with Crippen molar-refractivity contribution in [2.75, 3.05) is 0 Å². The van der Waals surface area contributed by atoms with Crippen LogP contribution in [-0.4, -0.2) is 42.5 Å². The second-order valence-corrected chi connectivity index (χ2v) is 9.05. The third-order valence-electron chi connectivity index (χ3n) is 7.20. The molecule has 6 nitrogen and oxygen atoms in total. The van der Waals surface area contributed by atoms with Crippen LogP contribution >= 0.6 is 0 Å². The summed E-state index contributed by atoms with van der Waals surface area (Å²) in [5.74, 6) is 0.265. The van der Waals surface area contributed by atoms with Crippen molar-refractivity contribution in [1.82, 2.24) is 24.5 Å². The molecule has 1 unspecified atom stereocenters. The SMILES string of the molecule is O=C(c1ccc2ccccc2c1)N1C2CC[C@@H]1CC[C@H](c1cc(C(F)F)nc3ncnn13)C2. The third kappa shape index (κ3) is 3.44. The van der Waals surface area contributed by atoms with Crippen molar-refractivity contribution in [3.05, 3.63) is 71.8 Å². The number of carbonyl (C=O) groups excluding carboxylic acids is 1. The Kier molecular flexibility index (Phi) is 4.81. The lowest BCUT2D eigenvalue weighted by molar-refractivity contribution is 0.0670. The Morgan fingerprint density at radius 2 is 1.76 bits per heavy atom. The maximum absolute atomic E-state index is 13.6. The van der Waals surface area contributed by atoms with Crippen molar-refractivity contribution in [2.45, 2.75) is 56.5 Å². The van der Waals surface area contributed by atoms with Crippen molar-refractivity contribution < 1.29 is 13.6 Å². The molecule has 168 valence electrons. The van der Waals surface area contributed by atoms with Gasteiger partial charge in [-0.1, -0.05) is 30.3 Å². The molecule has 0 N–H and O–H groups in total. The van der Waals surface area contributed by atoms with Crippen molar-refractivity contribution in [3.8, 4) is 0 Å². The topological polar surface area (TPSA) is 63.4 Å². The minimum absolute atomic E-state index is 0.0110. The van der Waals surface area contributed by atoms with E-state index in [1.54, 1.807) is 4.52 Å². The number of halogens is 2. The van der Waals surface area contributed by atoms with Crippen molar-refractivity contribution in [2.24, 2.45) is 0 Å². The Morgan fingerprint density at radius 1 is 0.970 bits per heavy atom. The van der Waals surface area contributed by atoms with E-state index in [1.807, 2.05) is 42.5 Å². The first-order chi connectivity index (χ1) is 16.1. The van der Waals surface area contributed by atoms with Crippen molar-refractivity contribution in [3.63, 3.8) is 0 Å². The van der Waals surface area contributed by atoms with Crippen LogP contribution in [0.3, 0.4) is 0 Å². The summed E-state index contributed by atoms with van der Waals surface area (Å²) < 4.78 is 28.5. The lowest BCUT2D eigenvalue weighted by atomic mass is 9.88. The molecule has 0 radical (unpaired) electrons. The van der Waals surface area contributed by atoms with Crippen LogP contribution in [-0.2, 0) is 0 Å². The highest BCUT2D eigenvalue weighted by Crippen LogP contribution is 2.42. The van der Waals surface area contributed by atoms with Crippen molar-refractivity contribution >= 4 is 22.5 Å². The number of alkyl halides is 2. The Morgan fingerprint density at radius 3 is 2.61 bits per heavy atom. The summed E-state index contributed by atoms with van der Waals surface area (Å²) >= 11 is 0. The van der Waals surface area contributed by atoms with E-state index in [1.165, 1.54) is 12.4 Å². The van der Waals surface area contributed by atoms with E-state index >= 15 is 0 Å². The number of fused-ring (bicyclic) bond motifs is 4. The molecule has 0 spiro atoms. The lowest BCUT2D eigenvalue weighted by Crippen LogP contribution is -2.40. The summed E-state index contributed by atoms with van der Waals surface area (Å²) in [4.78, 5) is 23.6. The maximum atomic E-state index is 13.6. The zero-order valence-electron chi connectivity index (χ0n) is 17.9. The molecule has 2 aromatic heterocycles. The minimum Gasteiger partial charge on any atom is -0.333 e. The molecule has 33 heavy (non-hydrogen) atoms. The average molecular weight is 447 g/mol. The monoisotopic (exact) mass is 447 g/mol. The lowest BCUT2D eigenvalue weighted by Gasteiger charge is -2.29. The molecule has 6 rings (SSSR count). The Balaban J connectivity index is 1.32. The normalized spacial score (nSPS) is 22.9. The molecule has 4 heterocycles. The second-order valence-electron chi connectivity index (χ2n) is 9.05. The third-order valence-corrected chi connectivity index (χ3v) is 7.20. The predicted octanol–water partition coefficient (Wildman–Crippen LogP) is 5.16. The smallest absolute Gasteiger partial charge is 0.280 e. The van der Waals surface area contributed by atoms with E-state index in [0.29, 0.717) is 11.3 Å². The number of nitrogens with zero attached hydrogens (tertiary/aromatic N) is 5. The van der Waals surface area contributed by atoms with Gasteiger partial charge in [0, 0.05) is 23.6 Å². The molecule has 2 saturated heterocycles. The summed E-state index contributed by atoms with van der Waals surface area (Å²) in [7, 11) is 0. The van der Waals surface area contributed by atoms with Gasteiger partial charge in [0.05, 0.1) is 5.69 Å². The Hall–Kier alpha value is -3.42. The number of aromatic nitrogens is 4. The van der Waals surface area contributed by atoms with Crippen LogP contribution in [0.5, 0.6) is 0 Å². The highest BCUT2D eigenvalue weighted by Gasteiger charge is 2.41. The zero-order chi connectivity index (χ0) is 22.5. The van der Waals surface area contributed by atoms with Crippen LogP contribution in [0.15, 0.2) is 54.9 Å². The van der Waals surface area contributed by atoms with Gasteiger partial charge in [0.25, 0.3) is 18.1 Å². The standard InChI is InChI=1S/C25H23F2N5O/c26-23(27)21-13-22(32-25(30-21)28-14-29-32)17-7-8-19-9-10-20(12-17)31(19)24(33)18-6-5-15-3-1-2-4-16(15)11-18/h1-6,11,13-14,17,19-20,23H,7-10,12H2/t17-,19-,20?/m0/s1. The van der Waals surface area contributed by atoms with E-state index in [-0.39, 0.29) is 35.4 Å². The molecule has 8 heteroatoms. The van der Waals surface area contributed by atoms with Gasteiger partial charge in [-0.05, 0) is 61.1 Å². The van der Waals surface area contributed by atoms with Crippen LogP contribution in [0, 0.1) is 0 Å². The van der Waals surface area contributed by atoms with E-state index in [4.69, 9.17) is 0 Å². The van der Waals surface area contributed by atoms with Crippen LogP contribution in [0.1, 0.15) is 66.2 Å². The summed E-state index contributed by atoms with van der Waals surface area (Å²) in [6.07, 6.45) is 2.95. The van der Waals surface area contributed by atoms with E-state index in [2.05, 4.69) is 20.0 Å². The van der Waals surface area contributed by atoms with Crippen molar-refractivity contribution in [1.29, 1.82) is 0 Å². The predicted molar refractivity (Wildman–Crippen MR) is 119 cm³/mol.